The fraction of sp³-hybridized carbons (Fsp3) is 0.364. The van der Waals surface area contributed by atoms with Gasteiger partial charge in [-0.2, -0.15) is 0 Å². The number of benzene rings is 3. The maximum Gasteiger partial charge on any atom is 0.306 e. The van der Waals surface area contributed by atoms with E-state index < -0.39 is 29.1 Å². The number of hydrogen-bond donors (Lipinski definition) is 3. The number of hydrazine groups is 1. The number of aliphatic hydroxyl groups excluding tert-OH is 1. The van der Waals surface area contributed by atoms with Gasteiger partial charge in [0.05, 0.1) is 6.61 Å². The van der Waals surface area contributed by atoms with Crippen LogP contribution in [0.5, 0.6) is 5.75 Å². The molecule has 2 atom stereocenters. The van der Waals surface area contributed by atoms with Crippen molar-refractivity contribution < 1.29 is 28.9 Å². The van der Waals surface area contributed by atoms with Crippen molar-refractivity contribution in [1.29, 1.82) is 0 Å². The third-order valence-electron chi connectivity index (χ3n) is 6.84. The fourth-order valence-corrected chi connectivity index (χ4v) is 5.68. The number of hydrogen-bond acceptors (Lipinski definition) is 8. The lowest BCUT2D eigenvalue weighted by molar-refractivity contribution is -0.155. The second-order valence-corrected chi connectivity index (χ2v) is 13.1. The summed E-state index contributed by atoms with van der Waals surface area (Å²) in [5.41, 5.74) is 5.49. The van der Waals surface area contributed by atoms with E-state index in [2.05, 4.69) is 26.8 Å². The van der Waals surface area contributed by atoms with Gasteiger partial charge in [0.15, 0.2) is 11.6 Å². The van der Waals surface area contributed by atoms with Gasteiger partial charge in [-0.3, -0.25) is 15.0 Å². The second kappa shape index (κ2) is 15.4. The van der Waals surface area contributed by atoms with Crippen LogP contribution in [0.15, 0.2) is 76.2 Å². The van der Waals surface area contributed by atoms with Crippen LogP contribution in [0.2, 0.25) is 10.0 Å². The third-order valence-corrected chi connectivity index (χ3v) is 8.15. The van der Waals surface area contributed by atoms with E-state index in [1.165, 1.54) is 0 Å². The predicted molar refractivity (Wildman–Crippen MR) is 177 cm³/mol. The zero-order chi connectivity index (χ0) is 32.6. The van der Waals surface area contributed by atoms with Gasteiger partial charge in [0, 0.05) is 51.6 Å². The first-order valence-corrected chi connectivity index (χ1v) is 16.0. The molecule has 0 radical (unpaired) electrons. The molecule has 0 unspecified atom stereocenters. The Morgan fingerprint density at radius 2 is 1.82 bits per heavy atom. The van der Waals surface area contributed by atoms with Gasteiger partial charge >= 0.3 is 5.97 Å². The van der Waals surface area contributed by atoms with Crippen LogP contribution < -0.4 is 15.6 Å². The molecule has 1 aliphatic heterocycles. The van der Waals surface area contributed by atoms with Crippen LogP contribution in [0.3, 0.4) is 0 Å². The van der Waals surface area contributed by atoms with Crippen molar-refractivity contribution in [3.63, 3.8) is 0 Å². The SMILES string of the molecule is CC(C)(C)OC(=O)CC[C@]1(C(=O)NNCc2ccc(Cl)cc2Cl)N=C(c2ccc(OCCCO)cc2)O[C@H]1c1ccccc1Br. The highest BCUT2D eigenvalue weighted by molar-refractivity contribution is 9.10. The lowest BCUT2D eigenvalue weighted by Crippen LogP contribution is -2.52. The first-order chi connectivity index (χ1) is 21.4. The molecule has 4 rings (SSSR count). The number of ether oxygens (including phenoxy) is 3. The van der Waals surface area contributed by atoms with E-state index in [0.29, 0.717) is 39.9 Å². The molecule has 12 heteroatoms. The van der Waals surface area contributed by atoms with Gasteiger partial charge in [0.1, 0.15) is 11.4 Å². The van der Waals surface area contributed by atoms with Crippen LogP contribution in [0.25, 0.3) is 0 Å². The summed E-state index contributed by atoms with van der Waals surface area (Å²) in [4.78, 5) is 32.1. The highest BCUT2D eigenvalue weighted by atomic mass is 79.9. The maximum atomic E-state index is 14.2. The van der Waals surface area contributed by atoms with Crippen molar-refractivity contribution in [2.24, 2.45) is 4.99 Å². The van der Waals surface area contributed by atoms with Gasteiger partial charge in [0.25, 0.3) is 5.91 Å². The number of esters is 1. The molecule has 0 fully saturated rings. The fourth-order valence-electron chi connectivity index (χ4n) is 4.71. The van der Waals surface area contributed by atoms with E-state index in [1.807, 2.05) is 24.3 Å². The van der Waals surface area contributed by atoms with Crippen molar-refractivity contribution >= 4 is 56.9 Å². The lowest BCUT2D eigenvalue weighted by Gasteiger charge is -2.31. The summed E-state index contributed by atoms with van der Waals surface area (Å²) in [6.45, 7) is 5.98. The van der Waals surface area contributed by atoms with E-state index in [0.717, 1.165) is 10.0 Å². The molecule has 3 aromatic rings. The minimum Gasteiger partial charge on any atom is -0.494 e. The summed E-state index contributed by atoms with van der Waals surface area (Å²) in [6, 6.07) is 19.6. The Kier molecular flexibility index (Phi) is 11.9. The van der Waals surface area contributed by atoms with Crippen molar-refractivity contribution in [3.8, 4) is 5.75 Å². The Morgan fingerprint density at radius 3 is 2.49 bits per heavy atom. The summed E-state index contributed by atoms with van der Waals surface area (Å²) in [5.74, 6) is -0.116. The molecule has 1 amide bonds. The maximum absolute atomic E-state index is 14.2. The molecule has 0 aliphatic carbocycles. The molecule has 0 bridgehead atoms. The van der Waals surface area contributed by atoms with Gasteiger partial charge in [-0.25, -0.2) is 10.4 Å². The molecule has 0 spiro atoms. The highest BCUT2D eigenvalue weighted by Crippen LogP contribution is 2.45. The van der Waals surface area contributed by atoms with Gasteiger partial charge in [-0.05, 0) is 75.2 Å². The van der Waals surface area contributed by atoms with Crippen LogP contribution in [-0.4, -0.2) is 47.2 Å². The molecule has 1 heterocycles. The molecular formula is C33H36BrCl2N3O6. The van der Waals surface area contributed by atoms with E-state index in [4.69, 9.17) is 47.5 Å². The molecule has 9 nitrogen and oxygen atoms in total. The molecule has 240 valence electrons. The number of nitrogens with zero attached hydrogens (tertiary/aromatic N) is 1. The lowest BCUT2D eigenvalue weighted by atomic mass is 9.83. The predicted octanol–water partition coefficient (Wildman–Crippen LogP) is 6.72. The summed E-state index contributed by atoms with van der Waals surface area (Å²) in [6.07, 6.45) is -0.480. The average Bonchev–Trinajstić information content (AvgIpc) is 3.38. The van der Waals surface area contributed by atoms with Gasteiger partial charge in [0.2, 0.25) is 5.90 Å². The van der Waals surface area contributed by atoms with Crippen molar-refractivity contribution in [2.75, 3.05) is 13.2 Å². The van der Waals surface area contributed by atoms with Gasteiger partial charge < -0.3 is 19.3 Å². The number of aliphatic hydroxyl groups is 1. The Labute approximate surface area is 281 Å². The minimum atomic E-state index is -1.57. The molecule has 0 aromatic heterocycles. The van der Waals surface area contributed by atoms with Crippen LogP contribution >= 0.6 is 39.1 Å². The van der Waals surface area contributed by atoms with Crippen molar-refractivity contribution in [3.05, 3.63) is 97.9 Å². The quantitative estimate of drug-likeness (QED) is 0.102. The van der Waals surface area contributed by atoms with E-state index >= 15 is 0 Å². The average molecular weight is 721 g/mol. The number of halogens is 3. The van der Waals surface area contributed by atoms with Crippen molar-refractivity contribution in [2.45, 2.75) is 63.8 Å². The van der Waals surface area contributed by atoms with Gasteiger partial charge in [-0.15, -0.1) is 0 Å². The number of aliphatic imine (C=N–C) groups is 1. The summed E-state index contributed by atoms with van der Waals surface area (Å²) < 4.78 is 18.4. The normalized spacial score (nSPS) is 17.8. The number of carbonyl (C=O) groups excluding carboxylic acids is 2. The molecular weight excluding hydrogens is 685 g/mol. The zero-order valence-electron chi connectivity index (χ0n) is 25.2. The Balaban J connectivity index is 1.69. The smallest absolute Gasteiger partial charge is 0.306 e. The zero-order valence-corrected chi connectivity index (χ0v) is 28.3. The molecule has 1 aliphatic rings. The molecule has 3 aromatic carbocycles. The molecule has 0 saturated carbocycles. The standard InChI is InChI=1S/C33H36BrCl2N3O6/c1-32(2,3)45-28(41)15-16-33(31(42)39-37-20-22-9-12-23(35)19-27(22)36)29(25-7-4-5-8-26(25)34)44-30(38-33)21-10-13-24(14-11-21)43-18-6-17-40/h4-5,7-14,19,29,37,40H,6,15-18,20H2,1-3H3,(H,39,42)/t29-,33-/m0/s1. The summed E-state index contributed by atoms with van der Waals surface area (Å²) in [5, 5.41) is 9.99. The first-order valence-electron chi connectivity index (χ1n) is 14.5. The third kappa shape index (κ3) is 9.20. The summed E-state index contributed by atoms with van der Waals surface area (Å²) in [7, 11) is 0. The first kappa shape index (κ1) is 34.7. The monoisotopic (exact) mass is 719 g/mol. The van der Waals surface area contributed by atoms with Crippen LogP contribution in [0.4, 0.5) is 0 Å². The molecule has 45 heavy (non-hydrogen) atoms. The van der Waals surface area contributed by atoms with Crippen LogP contribution in [0, 0.1) is 0 Å². The highest BCUT2D eigenvalue weighted by Gasteiger charge is 2.54. The molecule has 0 saturated heterocycles. The molecule has 3 N–H and O–H groups in total. The summed E-state index contributed by atoms with van der Waals surface area (Å²) >= 11 is 16.0. The Morgan fingerprint density at radius 1 is 1.09 bits per heavy atom. The van der Waals surface area contributed by atoms with Crippen LogP contribution in [0.1, 0.15) is 62.8 Å². The number of rotatable bonds is 13. The number of nitrogens with one attached hydrogen (secondary N) is 2. The van der Waals surface area contributed by atoms with Crippen molar-refractivity contribution in [1.82, 2.24) is 10.9 Å². The number of amides is 1. The Hall–Kier alpha value is -3.15. The Bertz CT molecular complexity index is 1530. The largest absolute Gasteiger partial charge is 0.494 e. The number of carbonyl (C=O) groups is 2. The second-order valence-electron chi connectivity index (χ2n) is 11.4. The van der Waals surface area contributed by atoms with E-state index in [9.17, 15) is 9.59 Å². The topological polar surface area (TPSA) is 118 Å². The van der Waals surface area contributed by atoms with E-state index in [1.54, 1.807) is 63.2 Å². The van der Waals surface area contributed by atoms with E-state index in [-0.39, 0.29) is 31.9 Å². The minimum absolute atomic E-state index is 0.00498. The van der Waals surface area contributed by atoms with Gasteiger partial charge in [-0.1, -0.05) is 63.4 Å². The van der Waals surface area contributed by atoms with Crippen LogP contribution in [-0.2, 0) is 25.6 Å².